The molecule has 0 saturated heterocycles. The number of benzene rings is 1. The number of aromatic nitrogens is 1. The molecule has 1 aromatic carbocycles. The van der Waals surface area contributed by atoms with Crippen LogP contribution in [-0.4, -0.2) is 33.6 Å². The van der Waals surface area contributed by atoms with Crippen molar-refractivity contribution in [3.05, 3.63) is 40.1 Å². The molecule has 2 atom stereocenters. The predicted molar refractivity (Wildman–Crippen MR) is 78.1 cm³/mol. The summed E-state index contributed by atoms with van der Waals surface area (Å²) in [5.74, 6) is -0.400. The van der Waals surface area contributed by atoms with Gasteiger partial charge >= 0.3 is 0 Å². The van der Waals surface area contributed by atoms with Crippen LogP contribution in [0.25, 0.3) is 10.9 Å². The largest absolute Gasteiger partial charge is 0.396 e. The van der Waals surface area contributed by atoms with E-state index in [9.17, 15) is 14.9 Å². The van der Waals surface area contributed by atoms with Crippen LogP contribution in [0.15, 0.2) is 24.4 Å². The van der Waals surface area contributed by atoms with Crippen LogP contribution >= 0.6 is 0 Å². The molecule has 2 aromatic rings. The minimum Gasteiger partial charge on any atom is -0.396 e. The Labute approximate surface area is 121 Å². The van der Waals surface area contributed by atoms with Crippen molar-refractivity contribution in [1.82, 2.24) is 10.3 Å². The lowest BCUT2D eigenvalue weighted by atomic mass is 10.0. The van der Waals surface area contributed by atoms with E-state index in [1.54, 1.807) is 13.0 Å². The summed E-state index contributed by atoms with van der Waals surface area (Å²) in [5, 5.41) is 23.2. The van der Waals surface area contributed by atoms with Crippen LogP contribution in [-0.2, 0) is 0 Å². The average Bonchev–Trinajstić information content (AvgIpc) is 2.88. The van der Waals surface area contributed by atoms with Crippen LogP contribution in [0, 0.1) is 16.0 Å². The van der Waals surface area contributed by atoms with Crippen molar-refractivity contribution in [1.29, 1.82) is 0 Å². The zero-order valence-electron chi connectivity index (χ0n) is 11.8. The SMILES string of the molecule is CC(CO)C(C)NC(=O)c1c[nH]c2ccc([N+](=O)[O-])cc12. The summed E-state index contributed by atoms with van der Waals surface area (Å²) in [7, 11) is 0. The first-order chi connectivity index (χ1) is 9.93. The van der Waals surface area contributed by atoms with Gasteiger partial charge in [0.05, 0.1) is 10.5 Å². The predicted octanol–water partition coefficient (Wildman–Crippen LogP) is 1.82. The maximum atomic E-state index is 12.2. The van der Waals surface area contributed by atoms with Gasteiger partial charge in [0.25, 0.3) is 11.6 Å². The highest BCUT2D eigenvalue weighted by Gasteiger charge is 2.19. The smallest absolute Gasteiger partial charge is 0.270 e. The Morgan fingerprint density at radius 1 is 1.48 bits per heavy atom. The molecule has 1 amide bonds. The number of hydrogen-bond acceptors (Lipinski definition) is 4. The lowest BCUT2D eigenvalue weighted by Crippen LogP contribution is -2.38. The molecule has 2 rings (SSSR count). The molecule has 0 radical (unpaired) electrons. The van der Waals surface area contributed by atoms with Gasteiger partial charge < -0.3 is 15.4 Å². The zero-order chi connectivity index (χ0) is 15.6. The molecule has 0 spiro atoms. The lowest BCUT2D eigenvalue weighted by Gasteiger charge is -2.18. The number of nitro benzene ring substituents is 1. The Balaban J connectivity index is 2.31. The van der Waals surface area contributed by atoms with E-state index in [1.807, 2.05) is 6.92 Å². The van der Waals surface area contributed by atoms with Crippen LogP contribution in [0.3, 0.4) is 0 Å². The number of rotatable bonds is 5. The highest BCUT2D eigenvalue weighted by molar-refractivity contribution is 6.07. The minimum absolute atomic E-state index is 0.0270. The first kappa shape index (κ1) is 15.0. The van der Waals surface area contributed by atoms with Crippen LogP contribution < -0.4 is 5.32 Å². The number of nitro groups is 1. The summed E-state index contributed by atoms with van der Waals surface area (Å²) in [6.07, 6.45) is 1.53. The molecule has 0 aliphatic heterocycles. The number of amides is 1. The second-order valence-corrected chi connectivity index (χ2v) is 5.11. The van der Waals surface area contributed by atoms with Crippen LogP contribution in [0.1, 0.15) is 24.2 Å². The normalized spacial score (nSPS) is 13.9. The van der Waals surface area contributed by atoms with Gasteiger partial charge in [-0.15, -0.1) is 0 Å². The van der Waals surface area contributed by atoms with E-state index in [0.717, 1.165) is 0 Å². The monoisotopic (exact) mass is 291 g/mol. The van der Waals surface area contributed by atoms with Crippen molar-refractivity contribution in [2.45, 2.75) is 19.9 Å². The second-order valence-electron chi connectivity index (χ2n) is 5.11. The number of aromatic amines is 1. The number of non-ortho nitro benzene ring substituents is 1. The number of fused-ring (bicyclic) bond motifs is 1. The fraction of sp³-hybridized carbons (Fsp3) is 0.357. The van der Waals surface area contributed by atoms with E-state index in [4.69, 9.17) is 5.11 Å². The van der Waals surface area contributed by atoms with Crippen molar-refractivity contribution >= 4 is 22.5 Å². The number of carbonyl (C=O) groups is 1. The molecule has 7 nitrogen and oxygen atoms in total. The summed E-state index contributed by atoms with van der Waals surface area (Å²) in [6, 6.07) is 4.13. The quantitative estimate of drug-likeness (QED) is 0.576. The highest BCUT2D eigenvalue weighted by Crippen LogP contribution is 2.23. The zero-order valence-corrected chi connectivity index (χ0v) is 11.8. The van der Waals surface area contributed by atoms with Gasteiger partial charge in [0, 0.05) is 41.9 Å². The van der Waals surface area contributed by atoms with Crippen molar-refractivity contribution in [2.75, 3.05) is 6.61 Å². The summed E-state index contributed by atoms with van der Waals surface area (Å²) in [6.45, 7) is 3.60. The van der Waals surface area contributed by atoms with Crippen LogP contribution in [0.5, 0.6) is 0 Å². The van der Waals surface area contributed by atoms with Gasteiger partial charge in [-0.25, -0.2) is 0 Å². The minimum atomic E-state index is -0.495. The number of aliphatic hydroxyl groups is 1. The summed E-state index contributed by atoms with van der Waals surface area (Å²) < 4.78 is 0. The fourth-order valence-corrected chi connectivity index (χ4v) is 1.99. The molecule has 112 valence electrons. The van der Waals surface area contributed by atoms with Crippen molar-refractivity contribution < 1.29 is 14.8 Å². The van der Waals surface area contributed by atoms with Gasteiger partial charge in [0.15, 0.2) is 0 Å². The molecule has 0 aliphatic carbocycles. The Morgan fingerprint density at radius 2 is 2.19 bits per heavy atom. The second kappa shape index (κ2) is 5.92. The van der Waals surface area contributed by atoms with E-state index in [2.05, 4.69) is 10.3 Å². The third-order valence-corrected chi connectivity index (χ3v) is 3.62. The third kappa shape index (κ3) is 3.03. The number of aliphatic hydroxyl groups excluding tert-OH is 1. The molecule has 21 heavy (non-hydrogen) atoms. The first-order valence-electron chi connectivity index (χ1n) is 6.61. The number of carbonyl (C=O) groups excluding carboxylic acids is 1. The molecule has 3 N–H and O–H groups in total. The van der Waals surface area contributed by atoms with Gasteiger partial charge in [0.1, 0.15) is 0 Å². The maximum Gasteiger partial charge on any atom is 0.270 e. The molecular weight excluding hydrogens is 274 g/mol. The fourth-order valence-electron chi connectivity index (χ4n) is 1.99. The Hall–Kier alpha value is -2.41. The first-order valence-corrected chi connectivity index (χ1v) is 6.61. The summed E-state index contributed by atoms with van der Waals surface area (Å²) in [5.41, 5.74) is 0.951. The molecule has 0 fully saturated rings. The number of hydrogen-bond donors (Lipinski definition) is 3. The third-order valence-electron chi connectivity index (χ3n) is 3.62. The lowest BCUT2D eigenvalue weighted by molar-refractivity contribution is -0.384. The highest BCUT2D eigenvalue weighted by atomic mass is 16.6. The Kier molecular flexibility index (Phi) is 4.23. The van der Waals surface area contributed by atoms with E-state index >= 15 is 0 Å². The van der Waals surface area contributed by atoms with Gasteiger partial charge in [0.2, 0.25) is 0 Å². The van der Waals surface area contributed by atoms with Crippen LogP contribution in [0.2, 0.25) is 0 Å². The maximum absolute atomic E-state index is 12.2. The molecular formula is C14H17N3O4. The number of nitrogens with one attached hydrogen (secondary N) is 2. The number of H-pyrrole nitrogens is 1. The van der Waals surface area contributed by atoms with Crippen molar-refractivity contribution in [3.8, 4) is 0 Å². The molecule has 0 aliphatic rings. The molecule has 7 heteroatoms. The van der Waals surface area contributed by atoms with Gasteiger partial charge in [-0.2, -0.15) is 0 Å². The molecule has 0 saturated carbocycles. The summed E-state index contributed by atoms with van der Waals surface area (Å²) >= 11 is 0. The van der Waals surface area contributed by atoms with Gasteiger partial charge in [-0.05, 0) is 18.9 Å². The van der Waals surface area contributed by atoms with E-state index in [1.165, 1.54) is 18.3 Å². The van der Waals surface area contributed by atoms with Crippen LogP contribution in [0.4, 0.5) is 5.69 Å². The van der Waals surface area contributed by atoms with Gasteiger partial charge in [-0.1, -0.05) is 6.92 Å². The van der Waals surface area contributed by atoms with Crippen molar-refractivity contribution in [3.63, 3.8) is 0 Å². The molecule has 1 aromatic heterocycles. The standard InChI is InChI=1S/C14H17N3O4/c1-8(7-18)9(2)16-14(19)12-6-15-13-4-3-10(17(20)21)5-11(12)13/h3-6,8-9,15,18H,7H2,1-2H3,(H,16,19). The average molecular weight is 291 g/mol. The molecule has 0 bridgehead atoms. The summed E-state index contributed by atoms with van der Waals surface area (Å²) in [4.78, 5) is 25.5. The molecule has 1 heterocycles. The topological polar surface area (TPSA) is 108 Å². The van der Waals surface area contributed by atoms with E-state index in [0.29, 0.717) is 16.5 Å². The number of nitrogens with zero attached hydrogens (tertiary/aromatic N) is 1. The Morgan fingerprint density at radius 3 is 2.81 bits per heavy atom. The van der Waals surface area contributed by atoms with Gasteiger partial charge in [-0.3, -0.25) is 14.9 Å². The van der Waals surface area contributed by atoms with E-state index < -0.39 is 4.92 Å². The Bertz CT molecular complexity index is 680. The van der Waals surface area contributed by atoms with Crippen molar-refractivity contribution in [2.24, 2.45) is 5.92 Å². The van der Waals surface area contributed by atoms with E-state index in [-0.39, 0.29) is 30.2 Å². The molecule has 2 unspecified atom stereocenters.